The van der Waals surface area contributed by atoms with Crippen LogP contribution in [0.15, 0.2) is 23.3 Å². The second kappa shape index (κ2) is 4.47. The highest BCUT2D eigenvalue weighted by molar-refractivity contribution is 5.36. The molecule has 0 aromatic rings. The van der Waals surface area contributed by atoms with Crippen LogP contribution in [0.5, 0.6) is 0 Å². The molecular formula is C20H30O. The van der Waals surface area contributed by atoms with Crippen LogP contribution < -0.4 is 0 Å². The van der Waals surface area contributed by atoms with E-state index in [0.29, 0.717) is 5.41 Å². The molecule has 4 aliphatic carbocycles. The average molecular weight is 286 g/mol. The fourth-order valence-corrected chi connectivity index (χ4v) is 6.44. The maximum Gasteiger partial charge on any atom is 0.0596 e. The molecule has 1 heteroatoms. The summed E-state index contributed by atoms with van der Waals surface area (Å²) in [7, 11) is 0. The second-order valence-corrected chi connectivity index (χ2v) is 8.82. The lowest BCUT2D eigenvalue weighted by Crippen LogP contribution is -2.50. The summed E-state index contributed by atoms with van der Waals surface area (Å²) in [5, 5.41) is 10.5. The highest BCUT2D eigenvalue weighted by Crippen LogP contribution is 2.64. The Hall–Kier alpha value is -0.560. The van der Waals surface area contributed by atoms with Crippen LogP contribution in [0.4, 0.5) is 0 Å². The summed E-state index contributed by atoms with van der Waals surface area (Å²) < 4.78 is 0. The van der Waals surface area contributed by atoms with Crippen LogP contribution in [-0.4, -0.2) is 11.2 Å². The topological polar surface area (TPSA) is 20.2 Å². The molecule has 0 unspecified atom stereocenters. The Morgan fingerprint density at radius 1 is 1.10 bits per heavy atom. The highest BCUT2D eigenvalue weighted by atomic mass is 16.3. The van der Waals surface area contributed by atoms with Crippen molar-refractivity contribution in [3.05, 3.63) is 23.3 Å². The molecule has 0 saturated heterocycles. The highest BCUT2D eigenvalue weighted by Gasteiger charge is 2.57. The molecule has 21 heavy (non-hydrogen) atoms. The molecule has 0 amide bonds. The predicted octanol–water partition coefficient (Wildman–Crippen LogP) is 4.87. The van der Waals surface area contributed by atoms with E-state index in [-0.39, 0.29) is 11.5 Å². The van der Waals surface area contributed by atoms with Crippen LogP contribution in [0.3, 0.4) is 0 Å². The van der Waals surface area contributed by atoms with Gasteiger partial charge in [-0.2, -0.15) is 0 Å². The smallest absolute Gasteiger partial charge is 0.0596 e. The zero-order valence-corrected chi connectivity index (χ0v) is 13.9. The van der Waals surface area contributed by atoms with E-state index < -0.39 is 0 Å². The molecule has 2 saturated carbocycles. The quantitative estimate of drug-likeness (QED) is 0.674. The molecule has 0 bridgehead atoms. The fourth-order valence-electron chi connectivity index (χ4n) is 6.44. The van der Waals surface area contributed by atoms with Crippen molar-refractivity contribution in [3.63, 3.8) is 0 Å². The summed E-state index contributed by atoms with van der Waals surface area (Å²) in [6.45, 7) is 7.20. The maximum atomic E-state index is 10.5. The average Bonchev–Trinajstić information content (AvgIpc) is 2.76. The third-order valence-corrected chi connectivity index (χ3v) is 7.92. The maximum absolute atomic E-state index is 10.5. The van der Waals surface area contributed by atoms with Crippen LogP contribution >= 0.6 is 0 Å². The zero-order valence-electron chi connectivity index (χ0n) is 13.9. The lowest BCUT2D eigenvalue weighted by atomic mass is 9.48. The number of fused-ring (bicyclic) bond motifs is 5. The van der Waals surface area contributed by atoms with Crippen LogP contribution in [0.1, 0.15) is 65.7 Å². The van der Waals surface area contributed by atoms with Crippen molar-refractivity contribution in [2.24, 2.45) is 28.6 Å². The first-order valence-electron chi connectivity index (χ1n) is 9.01. The van der Waals surface area contributed by atoms with Crippen molar-refractivity contribution < 1.29 is 5.11 Å². The predicted molar refractivity (Wildman–Crippen MR) is 86.8 cm³/mol. The van der Waals surface area contributed by atoms with Crippen molar-refractivity contribution in [2.45, 2.75) is 71.8 Å². The molecule has 0 heterocycles. The van der Waals surface area contributed by atoms with Gasteiger partial charge < -0.3 is 5.11 Å². The third-order valence-electron chi connectivity index (χ3n) is 7.92. The van der Waals surface area contributed by atoms with Gasteiger partial charge >= 0.3 is 0 Å². The van der Waals surface area contributed by atoms with Crippen LogP contribution in [-0.2, 0) is 0 Å². The largest absolute Gasteiger partial charge is 0.393 e. The van der Waals surface area contributed by atoms with Crippen molar-refractivity contribution in [1.29, 1.82) is 0 Å². The summed E-state index contributed by atoms with van der Waals surface area (Å²) >= 11 is 0. The van der Waals surface area contributed by atoms with Gasteiger partial charge in [-0.25, -0.2) is 0 Å². The summed E-state index contributed by atoms with van der Waals surface area (Å²) in [5.41, 5.74) is 3.82. The van der Waals surface area contributed by atoms with Crippen molar-refractivity contribution in [1.82, 2.24) is 0 Å². The first kappa shape index (κ1) is 14.1. The molecule has 0 aliphatic heterocycles. The fraction of sp³-hybridized carbons (Fsp3) is 0.800. The number of aliphatic hydroxyl groups is 1. The Morgan fingerprint density at radius 2 is 1.90 bits per heavy atom. The lowest BCUT2D eigenvalue weighted by Gasteiger charge is -2.56. The van der Waals surface area contributed by atoms with Gasteiger partial charge in [0.1, 0.15) is 0 Å². The molecule has 1 N–H and O–H groups in total. The zero-order chi connectivity index (χ0) is 14.8. The van der Waals surface area contributed by atoms with Gasteiger partial charge in [-0.3, -0.25) is 0 Å². The van der Waals surface area contributed by atoms with E-state index in [1.165, 1.54) is 38.5 Å². The first-order valence-corrected chi connectivity index (χ1v) is 9.01. The molecule has 0 aromatic carbocycles. The van der Waals surface area contributed by atoms with Crippen molar-refractivity contribution >= 4 is 0 Å². The van der Waals surface area contributed by atoms with Gasteiger partial charge in [0.2, 0.25) is 0 Å². The summed E-state index contributed by atoms with van der Waals surface area (Å²) in [6.07, 6.45) is 13.7. The molecule has 1 nitrogen and oxygen atoms in total. The molecule has 116 valence electrons. The Balaban J connectivity index is 1.72. The lowest BCUT2D eigenvalue weighted by molar-refractivity contribution is -0.0626. The van der Waals surface area contributed by atoms with E-state index in [9.17, 15) is 5.11 Å². The van der Waals surface area contributed by atoms with E-state index in [1.807, 2.05) is 0 Å². The minimum absolute atomic E-state index is 0.0462. The summed E-state index contributed by atoms with van der Waals surface area (Å²) in [4.78, 5) is 0. The third kappa shape index (κ3) is 1.79. The molecule has 2 fully saturated rings. The Bertz CT molecular complexity index is 516. The van der Waals surface area contributed by atoms with Crippen molar-refractivity contribution in [3.8, 4) is 0 Å². The number of aliphatic hydroxyl groups excluding tert-OH is 1. The second-order valence-electron chi connectivity index (χ2n) is 8.82. The van der Waals surface area contributed by atoms with Crippen LogP contribution in [0, 0.1) is 28.6 Å². The van der Waals surface area contributed by atoms with E-state index in [1.54, 1.807) is 11.1 Å². The molecule has 0 spiro atoms. The van der Waals surface area contributed by atoms with Crippen molar-refractivity contribution in [2.75, 3.05) is 0 Å². The van der Waals surface area contributed by atoms with Gasteiger partial charge in [0.05, 0.1) is 6.10 Å². The molecule has 6 atom stereocenters. The van der Waals surface area contributed by atoms with E-state index >= 15 is 0 Å². The van der Waals surface area contributed by atoms with E-state index in [2.05, 4.69) is 32.9 Å². The SMILES string of the molecule is CC1=CC2=CC[C@H]3[C@@H]4CC[C@H](O)[C@@]4(C)CC[C@@H]3[C@@]2(C)CC1. The molecule has 0 radical (unpaired) electrons. The van der Waals surface area contributed by atoms with E-state index in [4.69, 9.17) is 0 Å². The molecule has 4 rings (SSSR count). The number of allylic oxidation sites excluding steroid dienone is 4. The van der Waals surface area contributed by atoms with E-state index in [0.717, 1.165) is 24.2 Å². The monoisotopic (exact) mass is 286 g/mol. The number of hydrogen-bond acceptors (Lipinski definition) is 1. The van der Waals surface area contributed by atoms with Gasteiger partial charge in [-0.1, -0.05) is 31.6 Å². The number of hydrogen-bond donors (Lipinski definition) is 1. The Morgan fingerprint density at radius 3 is 2.71 bits per heavy atom. The minimum atomic E-state index is -0.0462. The molecular weight excluding hydrogens is 256 g/mol. The standard InChI is InChI=1S/C20H30O/c1-13-8-10-19(2)14(12-13)4-5-15-16-6-7-18(21)20(16,3)11-9-17(15)19/h4,12,15-18,21H,5-11H2,1-3H3/t15-,16-,17-,18-,19-,20-/m0/s1. The van der Waals surface area contributed by atoms with Gasteiger partial charge in [0.15, 0.2) is 0 Å². The Kier molecular flexibility index (Phi) is 2.99. The van der Waals surface area contributed by atoms with Gasteiger partial charge in [-0.15, -0.1) is 0 Å². The summed E-state index contributed by atoms with van der Waals surface area (Å²) in [6, 6.07) is 0. The summed E-state index contributed by atoms with van der Waals surface area (Å²) in [5.74, 6) is 2.43. The first-order chi connectivity index (χ1) is 9.95. The Labute approximate surface area is 129 Å². The van der Waals surface area contributed by atoms with Crippen LogP contribution in [0.25, 0.3) is 0 Å². The van der Waals surface area contributed by atoms with Crippen LogP contribution in [0.2, 0.25) is 0 Å². The van der Waals surface area contributed by atoms with Gasteiger partial charge in [0.25, 0.3) is 0 Å². The molecule has 0 aromatic heterocycles. The van der Waals surface area contributed by atoms with Gasteiger partial charge in [-0.05, 0) is 86.0 Å². The van der Waals surface area contributed by atoms with Gasteiger partial charge in [0, 0.05) is 0 Å². The minimum Gasteiger partial charge on any atom is -0.393 e. The normalized spacial score (nSPS) is 52.4. The molecule has 4 aliphatic rings. The number of rotatable bonds is 0.